The van der Waals surface area contributed by atoms with Crippen molar-refractivity contribution < 1.29 is 4.79 Å². The molecule has 2 heterocycles. The van der Waals surface area contributed by atoms with Gasteiger partial charge in [-0.25, -0.2) is 0 Å². The van der Waals surface area contributed by atoms with Gasteiger partial charge in [0.25, 0.3) is 5.91 Å². The first-order valence-electron chi connectivity index (χ1n) is 10.9. The third-order valence-corrected chi connectivity index (χ3v) is 5.43. The Kier molecular flexibility index (Phi) is 5.86. The van der Waals surface area contributed by atoms with Gasteiger partial charge in [0.05, 0.1) is 5.52 Å². The van der Waals surface area contributed by atoms with Gasteiger partial charge in [-0.3, -0.25) is 14.8 Å². The van der Waals surface area contributed by atoms with E-state index in [4.69, 9.17) is 0 Å². The van der Waals surface area contributed by atoms with Crippen molar-refractivity contribution >= 4 is 45.2 Å². The van der Waals surface area contributed by atoms with Crippen molar-refractivity contribution in [2.45, 2.75) is 6.92 Å². The quantitative estimate of drug-likeness (QED) is 0.272. The van der Waals surface area contributed by atoms with Gasteiger partial charge in [0.2, 0.25) is 0 Å². The van der Waals surface area contributed by atoms with Crippen molar-refractivity contribution in [2.24, 2.45) is 0 Å². The van der Waals surface area contributed by atoms with Crippen molar-refractivity contribution in [3.05, 3.63) is 115 Å². The van der Waals surface area contributed by atoms with Crippen LogP contribution in [0.25, 0.3) is 10.9 Å². The Morgan fingerprint density at radius 3 is 2.09 bits per heavy atom. The molecule has 3 aromatic carbocycles. The third kappa shape index (κ3) is 4.86. The van der Waals surface area contributed by atoms with Crippen LogP contribution in [0.5, 0.6) is 0 Å². The molecule has 0 radical (unpaired) electrons. The second-order valence-electron chi connectivity index (χ2n) is 7.97. The zero-order valence-electron chi connectivity index (χ0n) is 18.6. The molecule has 3 N–H and O–H groups in total. The van der Waals surface area contributed by atoms with Crippen LogP contribution in [0, 0.1) is 6.92 Å². The number of carbonyl (C=O) groups is 1. The van der Waals surface area contributed by atoms with Crippen LogP contribution in [-0.2, 0) is 0 Å². The first kappa shape index (κ1) is 21.2. The smallest absolute Gasteiger partial charge is 0.255 e. The number of nitrogens with one attached hydrogen (secondary N) is 3. The number of aromatic nitrogens is 2. The molecule has 5 aromatic rings. The summed E-state index contributed by atoms with van der Waals surface area (Å²) in [6.07, 6.45) is 5.26. The Balaban J connectivity index is 1.24. The van der Waals surface area contributed by atoms with E-state index in [2.05, 4.69) is 45.0 Å². The summed E-state index contributed by atoms with van der Waals surface area (Å²) in [5, 5.41) is 10.7. The molecule has 6 nitrogen and oxygen atoms in total. The summed E-state index contributed by atoms with van der Waals surface area (Å²) < 4.78 is 0. The highest BCUT2D eigenvalue weighted by atomic mass is 16.1. The number of nitrogens with zero attached hydrogens (tertiary/aromatic N) is 2. The van der Waals surface area contributed by atoms with E-state index in [-0.39, 0.29) is 5.91 Å². The number of aryl methyl sites for hydroxylation is 1. The van der Waals surface area contributed by atoms with Crippen molar-refractivity contribution in [1.29, 1.82) is 0 Å². The van der Waals surface area contributed by atoms with Crippen LogP contribution in [0.4, 0.5) is 28.4 Å². The van der Waals surface area contributed by atoms with Gasteiger partial charge in [0.15, 0.2) is 0 Å². The molecule has 0 aliphatic heterocycles. The molecule has 2 aromatic heterocycles. The summed E-state index contributed by atoms with van der Waals surface area (Å²) >= 11 is 0. The Hall–Kier alpha value is -4.71. The lowest BCUT2D eigenvalue weighted by Crippen LogP contribution is -2.11. The predicted octanol–water partition coefficient (Wildman–Crippen LogP) is 6.68. The summed E-state index contributed by atoms with van der Waals surface area (Å²) in [5.41, 5.74) is 7.19. The van der Waals surface area contributed by atoms with Crippen LogP contribution in [0.2, 0.25) is 0 Å². The van der Waals surface area contributed by atoms with Gasteiger partial charge in [-0.05, 0) is 85.8 Å². The summed E-state index contributed by atoms with van der Waals surface area (Å²) in [5.74, 6) is -0.161. The molecule has 0 aliphatic carbocycles. The van der Waals surface area contributed by atoms with E-state index >= 15 is 0 Å². The fourth-order valence-electron chi connectivity index (χ4n) is 3.67. The molecular formula is C28H23N5O. The van der Waals surface area contributed by atoms with Crippen LogP contribution in [0.3, 0.4) is 0 Å². The summed E-state index contributed by atoms with van der Waals surface area (Å²) in [7, 11) is 0. The highest BCUT2D eigenvalue weighted by Gasteiger charge is 2.08. The van der Waals surface area contributed by atoms with E-state index in [0.717, 1.165) is 39.3 Å². The van der Waals surface area contributed by atoms with Crippen LogP contribution in [0.15, 0.2) is 104 Å². The van der Waals surface area contributed by atoms with Crippen molar-refractivity contribution in [2.75, 3.05) is 16.0 Å². The molecule has 1 amide bonds. The van der Waals surface area contributed by atoms with Gasteiger partial charge >= 0.3 is 0 Å². The zero-order chi connectivity index (χ0) is 23.3. The summed E-state index contributed by atoms with van der Waals surface area (Å²) in [4.78, 5) is 21.1. The average molecular weight is 446 g/mol. The SMILES string of the molecule is Cc1ccc2nccc(Nc3ccc(C(=O)Nc4ccc(Nc5ccncc5)cc4)cc3)c2c1. The number of carbonyl (C=O) groups excluding carboxylic acids is 1. The molecule has 0 atom stereocenters. The topological polar surface area (TPSA) is 78.9 Å². The van der Waals surface area contributed by atoms with Crippen LogP contribution in [0.1, 0.15) is 15.9 Å². The minimum atomic E-state index is -0.161. The Bertz CT molecular complexity index is 1430. The molecule has 166 valence electrons. The number of hydrogen-bond donors (Lipinski definition) is 3. The lowest BCUT2D eigenvalue weighted by molar-refractivity contribution is 0.102. The van der Waals surface area contributed by atoms with Crippen LogP contribution >= 0.6 is 0 Å². The Morgan fingerprint density at radius 1 is 0.676 bits per heavy atom. The maximum atomic E-state index is 12.7. The van der Waals surface area contributed by atoms with Gasteiger partial charge in [0, 0.05) is 58.0 Å². The van der Waals surface area contributed by atoms with Gasteiger partial charge in [-0.2, -0.15) is 0 Å². The highest BCUT2D eigenvalue weighted by molar-refractivity contribution is 6.04. The predicted molar refractivity (Wildman–Crippen MR) is 138 cm³/mol. The fraction of sp³-hybridized carbons (Fsp3) is 0.0357. The van der Waals surface area contributed by atoms with Crippen LogP contribution < -0.4 is 16.0 Å². The minimum Gasteiger partial charge on any atom is -0.355 e. The van der Waals surface area contributed by atoms with E-state index in [9.17, 15) is 4.79 Å². The van der Waals surface area contributed by atoms with E-state index < -0.39 is 0 Å². The standard InChI is InChI=1S/C28H23N5O/c1-19-2-11-26-25(18-19)27(14-17-30-26)32-22-5-3-20(4-6-22)28(34)33-23-9-7-21(8-10-23)31-24-12-15-29-16-13-24/h2-18H,1H3,(H,29,31)(H,30,32)(H,33,34). The number of benzene rings is 3. The van der Waals surface area contributed by atoms with Gasteiger partial charge < -0.3 is 16.0 Å². The molecule has 0 fully saturated rings. The first-order valence-corrected chi connectivity index (χ1v) is 10.9. The molecule has 6 heteroatoms. The molecule has 0 saturated heterocycles. The maximum absolute atomic E-state index is 12.7. The zero-order valence-corrected chi connectivity index (χ0v) is 18.6. The molecule has 0 aliphatic rings. The molecule has 34 heavy (non-hydrogen) atoms. The number of pyridine rings is 2. The van der Waals surface area contributed by atoms with Crippen LogP contribution in [-0.4, -0.2) is 15.9 Å². The number of anilines is 5. The molecule has 0 unspecified atom stereocenters. The largest absolute Gasteiger partial charge is 0.355 e. The number of amides is 1. The monoisotopic (exact) mass is 445 g/mol. The number of fused-ring (bicyclic) bond motifs is 1. The highest BCUT2D eigenvalue weighted by Crippen LogP contribution is 2.26. The second kappa shape index (κ2) is 9.42. The summed E-state index contributed by atoms with van der Waals surface area (Å²) in [6, 6.07) is 26.9. The lowest BCUT2D eigenvalue weighted by atomic mass is 10.1. The number of hydrogen-bond acceptors (Lipinski definition) is 5. The average Bonchev–Trinajstić information content (AvgIpc) is 2.87. The molecule has 5 rings (SSSR count). The molecule has 0 saturated carbocycles. The van der Waals surface area contributed by atoms with E-state index in [0.29, 0.717) is 5.56 Å². The Labute approximate surface area is 197 Å². The summed E-state index contributed by atoms with van der Waals surface area (Å²) in [6.45, 7) is 2.06. The minimum absolute atomic E-state index is 0.161. The second-order valence-corrected chi connectivity index (χ2v) is 7.97. The molecule has 0 bridgehead atoms. The van der Waals surface area contributed by atoms with Gasteiger partial charge in [-0.15, -0.1) is 0 Å². The molecular weight excluding hydrogens is 422 g/mol. The Morgan fingerprint density at radius 2 is 1.32 bits per heavy atom. The third-order valence-electron chi connectivity index (χ3n) is 5.43. The van der Waals surface area contributed by atoms with Crippen molar-refractivity contribution in [3.8, 4) is 0 Å². The lowest BCUT2D eigenvalue weighted by Gasteiger charge is -2.11. The normalized spacial score (nSPS) is 10.6. The van der Waals surface area contributed by atoms with E-state index in [1.807, 2.05) is 72.8 Å². The van der Waals surface area contributed by atoms with Gasteiger partial charge in [-0.1, -0.05) is 11.6 Å². The van der Waals surface area contributed by atoms with Crippen molar-refractivity contribution in [3.63, 3.8) is 0 Å². The van der Waals surface area contributed by atoms with E-state index in [1.54, 1.807) is 18.6 Å². The maximum Gasteiger partial charge on any atom is 0.255 e. The van der Waals surface area contributed by atoms with E-state index in [1.165, 1.54) is 5.56 Å². The fourth-order valence-corrected chi connectivity index (χ4v) is 3.67. The molecule has 0 spiro atoms. The number of rotatable bonds is 6. The van der Waals surface area contributed by atoms with Gasteiger partial charge in [0.1, 0.15) is 0 Å². The first-order chi connectivity index (χ1) is 16.6. The van der Waals surface area contributed by atoms with Crippen molar-refractivity contribution in [1.82, 2.24) is 9.97 Å².